The first-order valence-electron chi connectivity index (χ1n) is 5.68. The quantitative estimate of drug-likeness (QED) is 0.443. The molecule has 0 aliphatic carbocycles. The number of aliphatic hydroxyl groups is 1. The van der Waals surface area contributed by atoms with Crippen LogP contribution in [-0.2, 0) is 0 Å². The first-order valence-corrected chi connectivity index (χ1v) is 8.51. The lowest BCUT2D eigenvalue weighted by molar-refractivity contribution is 0.354. The molecular formula is C13H24OSi. The second-order valence-corrected chi connectivity index (χ2v) is 8.96. The summed E-state index contributed by atoms with van der Waals surface area (Å²) < 4.78 is 0. The van der Waals surface area contributed by atoms with E-state index in [0.717, 1.165) is 37.4 Å². The molecule has 0 amide bonds. The van der Waals surface area contributed by atoms with Gasteiger partial charge in [-0.3, -0.25) is 0 Å². The molecule has 0 aliphatic rings. The molecule has 0 aliphatic heterocycles. The van der Waals surface area contributed by atoms with Gasteiger partial charge in [0.05, 0.1) is 8.07 Å². The third-order valence-corrected chi connectivity index (χ3v) is 7.69. The lowest BCUT2D eigenvalue weighted by Gasteiger charge is -2.28. The van der Waals surface area contributed by atoms with E-state index < -0.39 is 8.07 Å². The molecule has 0 fully saturated rings. The van der Waals surface area contributed by atoms with Gasteiger partial charge in [0, 0.05) is 6.23 Å². The van der Waals surface area contributed by atoms with Crippen LogP contribution in [0.15, 0.2) is 38.0 Å². The summed E-state index contributed by atoms with van der Waals surface area (Å²) in [5.74, 6) is 0. The first kappa shape index (κ1) is 14.4. The molecule has 1 N–H and O–H groups in total. The zero-order valence-corrected chi connectivity index (χ0v) is 10.8. The second-order valence-electron chi connectivity index (χ2n) is 4.14. The predicted molar refractivity (Wildman–Crippen MR) is 71.7 cm³/mol. The average Bonchev–Trinajstić information content (AvgIpc) is 2.29. The van der Waals surface area contributed by atoms with Crippen molar-refractivity contribution in [2.24, 2.45) is 0 Å². The monoisotopic (exact) mass is 224 g/mol. The summed E-state index contributed by atoms with van der Waals surface area (Å²) in [4.78, 5) is 0. The highest BCUT2D eigenvalue weighted by atomic mass is 28.3. The molecule has 0 aromatic carbocycles. The Morgan fingerprint density at radius 3 is 1.33 bits per heavy atom. The minimum atomic E-state index is -1.49. The van der Waals surface area contributed by atoms with Gasteiger partial charge in [-0.2, -0.15) is 0 Å². The van der Waals surface area contributed by atoms with Crippen LogP contribution in [0.25, 0.3) is 0 Å². The number of hydrogen-bond donors (Lipinski definition) is 1. The molecule has 0 atom stereocenters. The van der Waals surface area contributed by atoms with Crippen LogP contribution in [0.3, 0.4) is 0 Å². The highest BCUT2D eigenvalue weighted by molar-refractivity contribution is 6.79. The summed E-state index contributed by atoms with van der Waals surface area (Å²) in [5, 5.41) is 9.62. The van der Waals surface area contributed by atoms with E-state index in [-0.39, 0.29) is 0 Å². The van der Waals surface area contributed by atoms with Crippen LogP contribution in [0.5, 0.6) is 0 Å². The molecule has 0 aromatic heterocycles. The lowest BCUT2D eigenvalue weighted by atomic mass is 10.5. The third-order valence-electron chi connectivity index (χ3n) is 2.97. The number of hydrogen-bond acceptors (Lipinski definition) is 1. The molecule has 0 spiro atoms. The van der Waals surface area contributed by atoms with Gasteiger partial charge in [0.15, 0.2) is 0 Å². The van der Waals surface area contributed by atoms with Crippen molar-refractivity contribution in [3.05, 3.63) is 38.0 Å². The maximum absolute atomic E-state index is 9.62. The Kier molecular flexibility index (Phi) is 8.34. The second kappa shape index (κ2) is 8.68. The maximum Gasteiger partial charge on any atom is 0.0842 e. The van der Waals surface area contributed by atoms with Crippen molar-refractivity contribution in [2.75, 3.05) is 6.23 Å². The average molecular weight is 224 g/mol. The third kappa shape index (κ3) is 5.75. The van der Waals surface area contributed by atoms with Gasteiger partial charge in [-0.1, -0.05) is 36.4 Å². The van der Waals surface area contributed by atoms with Crippen LogP contribution in [0.2, 0.25) is 18.1 Å². The van der Waals surface area contributed by atoms with Crippen molar-refractivity contribution in [3.63, 3.8) is 0 Å². The molecule has 0 aromatic rings. The van der Waals surface area contributed by atoms with E-state index >= 15 is 0 Å². The SMILES string of the molecule is C=CCC[Si](CO)(CCC=C)CCC=C. The fourth-order valence-corrected chi connectivity index (χ4v) is 5.51. The maximum atomic E-state index is 9.62. The predicted octanol–water partition coefficient (Wildman–Crippen LogP) is 3.70. The molecule has 1 nitrogen and oxygen atoms in total. The van der Waals surface area contributed by atoms with E-state index in [4.69, 9.17) is 0 Å². The topological polar surface area (TPSA) is 20.2 Å². The van der Waals surface area contributed by atoms with E-state index in [2.05, 4.69) is 19.7 Å². The van der Waals surface area contributed by atoms with Crippen LogP contribution in [0.4, 0.5) is 0 Å². The highest BCUT2D eigenvalue weighted by Gasteiger charge is 2.29. The standard InChI is InChI=1S/C13H24OSi/c1-4-7-10-15(13-14,11-8-5-2)12-9-6-3/h4-6,14H,1-3,7-13H2. The van der Waals surface area contributed by atoms with E-state index in [9.17, 15) is 5.11 Å². The fraction of sp³-hybridized carbons (Fsp3) is 0.538. The Morgan fingerprint density at radius 1 is 0.800 bits per heavy atom. The molecule has 0 bridgehead atoms. The van der Waals surface area contributed by atoms with E-state index in [1.165, 1.54) is 0 Å². The zero-order valence-electron chi connectivity index (χ0n) is 9.75. The smallest absolute Gasteiger partial charge is 0.0842 e. The minimum Gasteiger partial charge on any atom is -0.400 e. The summed E-state index contributed by atoms with van der Waals surface area (Å²) in [6, 6.07) is 3.44. The summed E-state index contributed by atoms with van der Waals surface area (Å²) in [5.41, 5.74) is 0. The van der Waals surface area contributed by atoms with Crippen molar-refractivity contribution in [1.29, 1.82) is 0 Å². The van der Waals surface area contributed by atoms with Crippen LogP contribution < -0.4 is 0 Å². The van der Waals surface area contributed by atoms with Gasteiger partial charge in [-0.25, -0.2) is 0 Å². The Labute approximate surface area is 95.2 Å². The normalized spacial score (nSPS) is 11.0. The van der Waals surface area contributed by atoms with E-state index in [0.29, 0.717) is 6.23 Å². The van der Waals surface area contributed by atoms with Crippen molar-refractivity contribution >= 4 is 8.07 Å². The molecule has 0 rings (SSSR count). The van der Waals surface area contributed by atoms with Crippen LogP contribution >= 0.6 is 0 Å². The molecule has 2 heteroatoms. The van der Waals surface area contributed by atoms with E-state index in [1.807, 2.05) is 18.2 Å². The summed E-state index contributed by atoms with van der Waals surface area (Å²) >= 11 is 0. The number of allylic oxidation sites excluding steroid dienone is 3. The zero-order chi connectivity index (χ0) is 11.6. The molecule has 0 unspecified atom stereocenters. The van der Waals surface area contributed by atoms with E-state index in [1.54, 1.807) is 0 Å². The number of rotatable bonds is 10. The molecule has 15 heavy (non-hydrogen) atoms. The minimum absolute atomic E-state index is 0.391. The van der Waals surface area contributed by atoms with Gasteiger partial charge in [0.2, 0.25) is 0 Å². The lowest BCUT2D eigenvalue weighted by Crippen LogP contribution is -2.38. The van der Waals surface area contributed by atoms with Crippen molar-refractivity contribution in [2.45, 2.75) is 37.4 Å². The van der Waals surface area contributed by atoms with Crippen molar-refractivity contribution < 1.29 is 5.11 Å². The molecule has 86 valence electrons. The highest BCUT2D eigenvalue weighted by Crippen LogP contribution is 2.26. The Bertz CT molecular complexity index is 167. The Morgan fingerprint density at radius 2 is 1.13 bits per heavy atom. The molecule has 0 saturated heterocycles. The van der Waals surface area contributed by atoms with Gasteiger partial charge in [-0.15, -0.1) is 19.7 Å². The van der Waals surface area contributed by atoms with Crippen molar-refractivity contribution in [1.82, 2.24) is 0 Å². The summed E-state index contributed by atoms with van der Waals surface area (Å²) in [7, 11) is -1.49. The first-order chi connectivity index (χ1) is 7.24. The van der Waals surface area contributed by atoms with Crippen molar-refractivity contribution in [3.8, 4) is 0 Å². The number of aliphatic hydroxyl groups excluding tert-OH is 1. The van der Waals surface area contributed by atoms with Gasteiger partial charge in [0.1, 0.15) is 0 Å². The van der Waals surface area contributed by atoms with Crippen LogP contribution in [0, 0.1) is 0 Å². The summed E-state index contributed by atoms with van der Waals surface area (Å²) in [6.45, 7) is 11.3. The fourth-order valence-electron chi connectivity index (χ4n) is 1.84. The molecular weight excluding hydrogens is 200 g/mol. The van der Waals surface area contributed by atoms with Gasteiger partial charge in [0.25, 0.3) is 0 Å². The van der Waals surface area contributed by atoms with Crippen LogP contribution in [-0.4, -0.2) is 19.4 Å². The summed E-state index contributed by atoms with van der Waals surface area (Å²) in [6.07, 6.45) is 9.35. The molecule has 0 radical (unpaired) electrons. The van der Waals surface area contributed by atoms with Gasteiger partial charge >= 0.3 is 0 Å². The van der Waals surface area contributed by atoms with Crippen LogP contribution in [0.1, 0.15) is 19.3 Å². The largest absolute Gasteiger partial charge is 0.400 e. The molecule has 0 heterocycles. The van der Waals surface area contributed by atoms with Gasteiger partial charge < -0.3 is 5.11 Å². The Balaban J connectivity index is 4.34. The van der Waals surface area contributed by atoms with Gasteiger partial charge in [-0.05, 0) is 19.3 Å². The Hall–Kier alpha value is -0.603. The molecule has 0 saturated carbocycles.